The molecule has 0 unspecified atom stereocenters. The maximum atomic E-state index is 11.7. The van der Waals surface area contributed by atoms with Gasteiger partial charge in [0.2, 0.25) is 0 Å². The summed E-state index contributed by atoms with van der Waals surface area (Å²) in [4.78, 5) is 4.22. The predicted octanol–water partition coefficient (Wildman–Crippen LogP) is 0.690. The highest BCUT2D eigenvalue weighted by molar-refractivity contribution is 7.86. The summed E-state index contributed by atoms with van der Waals surface area (Å²) in [5.41, 5.74) is 0.783. The number of rotatable bonds is 4. The summed E-state index contributed by atoms with van der Waals surface area (Å²) in [6.45, 7) is 2.21. The van der Waals surface area contributed by atoms with Crippen LogP contribution in [0, 0.1) is 6.92 Å². The molecule has 5 nitrogen and oxygen atoms in total. The average Bonchev–Trinajstić information content (AvgIpc) is 2.50. The van der Waals surface area contributed by atoms with E-state index in [0.29, 0.717) is 6.54 Å². The molecule has 0 aromatic carbocycles. The molecule has 0 saturated heterocycles. The summed E-state index contributed by atoms with van der Waals surface area (Å²) in [5.74, 6) is 0. The van der Waals surface area contributed by atoms with Gasteiger partial charge in [-0.1, -0.05) is 0 Å². The fraction of sp³-hybridized carbons (Fsp3) is 0.625. The summed E-state index contributed by atoms with van der Waals surface area (Å²) in [5, 5.41) is 2.82. The topological polar surface area (TPSA) is 53.5 Å². The molecule has 7 heteroatoms. The van der Waals surface area contributed by atoms with Gasteiger partial charge in [0, 0.05) is 26.5 Å². The number of aryl methyl sites for hydroxylation is 1. The van der Waals surface area contributed by atoms with Crippen LogP contribution in [0.3, 0.4) is 0 Å². The number of thiazole rings is 1. The number of hydrogen-bond acceptors (Lipinski definition) is 4. The highest BCUT2D eigenvalue weighted by atomic mass is 32.2. The van der Waals surface area contributed by atoms with Gasteiger partial charge in [-0.2, -0.15) is 17.0 Å². The lowest BCUT2D eigenvalue weighted by atomic mass is 10.5. The summed E-state index contributed by atoms with van der Waals surface area (Å²) in [7, 11) is 1.24. The Bertz CT molecular complexity index is 425. The van der Waals surface area contributed by atoms with Crippen molar-refractivity contribution < 1.29 is 8.42 Å². The van der Waals surface area contributed by atoms with Crippen LogP contribution in [0.1, 0.15) is 10.7 Å². The molecule has 0 fully saturated rings. The van der Waals surface area contributed by atoms with Crippen LogP contribution in [0.4, 0.5) is 0 Å². The largest absolute Gasteiger partial charge is 0.281 e. The molecular weight excluding hydrogens is 234 g/mol. The maximum absolute atomic E-state index is 11.7. The van der Waals surface area contributed by atoms with Gasteiger partial charge in [0.25, 0.3) is 10.2 Å². The van der Waals surface area contributed by atoms with Gasteiger partial charge >= 0.3 is 0 Å². The van der Waals surface area contributed by atoms with Crippen molar-refractivity contribution in [3.8, 4) is 0 Å². The summed E-state index contributed by atoms with van der Waals surface area (Å²) in [6, 6.07) is 0. The fourth-order valence-electron chi connectivity index (χ4n) is 1.07. The van der Waals surface area contributed by atoms with Crippen molar-refractivity contribution in [3.05, 3.63) is 16.1 Å². The van der Waals surface area contributed by atoms with Gasteiger partial charge in [-0.05, 0) is 6.92 Å². The van der Waals surface area contributed by atoms with Crippen LogP contribution in [-0.2, 0) is 16.8 Å². The average molecular weight is 249 g/mol. The highest BCUT2D eigenvalue weighted by Gasteiger charge is 2.20. The van der Waals surface area contributed by atoms with Crippen LogP contribution in [0.15, 0.2) is 5.38 Å². The van der Waals surface area contributed by atoms with Crippen molar-refractivity contribution >= 4 is 21.5 Å². The Hall–Kier alpha value is -0.500. The summed E-state index contributed by atoms with van der Waals surface area (Å²) < 4.78 is 25.8. The van der Waals surface area contributed by atoms with Crippen molar-refractivity contribution in [1.82, 2.24) is 13.6 Å². The number of hydrogen-bond donors (Lipinski definition) is 0. The molecule has 0 atom stereocenters. The maximum Gasteiger partial charge on any atom is 0.281 e. The monoisotopic (exact) mass is 249 g/mol. The molecule has 0 aliphatic carbocycles. The van der Waals surface area contributed by atoms with Crippen LogP contribution in [0.25, 0.3) is 0 Å². The molecule has 0 saturated carbocycles. The Morgan fingerprint density at radius 2 is 2.00 bits per heavy atom. The first kappa shape index (κ1) is 12.6. The van der Waals surface area contributed by atoms with Gasteiger partial charge < -0.3 is 0 Å². The third-order valence-electron chi connectivity index (χ3n) is 1.91. The van der Waals surface area contributed by atoms with E-state index < -0.39 is 10.2 Å². The van der Waals surface area contributed by atoms with E-state index in [1.807, 2.05) is 12.3 Å². The molecule has 0 N–H and O–H groups in total. The van der Waals surface area contributed by atoms with Crippen molar-refractivity contribution in [3.63, 3.8) is 0 Å². The van der Waals surface area contributed by atoms with Crippen LogP contribution >= 0.6 is 11.3 Å². The van der Waals surface area contributed by atoms with Crippen LogP contribution in [0.5, 0.6) is 0 Å². The Labute approximate surface area is 94.5 Å². The molecule has 0 bridgehead atoms. The standard InChI is InChI=1S/C8H15N3O2S2/c1-7-9-8(6-14-7)5-11(4)15(12,13)10(2)3/h6H,5H2,1-4H3. The van der Waals surface area contributed by atoms with Gasteiger partial charge in [-0.3, -0.25) is 0 Å². The lowest BCUT2D eigenvalue weighted by Gasteiger charge is -2.20. The van der Waals surface area contributed by atoms with Crippen molar-refractivity contribution in [1.29, 1.82) is 0 Å². The molecule has 0 spiro atoms. The normalized spacial score (nSPS) is 12.7. The van der Waals surface area contributed by atoms with Crippen LogP contribution in [-0.4, -0.2) is 43.2 Å². The second-order valence-corrected chi connectivity index (χ2v) is 6.72. The second-order valence-electron chi connectivity index (χ2n) is 3.40. The SMILES string of the molecule is Cc1nc(CN(C)S(=O)(=O)N(C)C)cs1. The minimum atomic E-state index is -3.33. The zero-order valence-corrected chi connectivity index (χ0v) is 10.9. The van der Waals surface area contributed by atoms with E-state index >= 15 is 0 Å². The van der Waals surface area contributed by atoms with E-state index in [9.17, 15) is 8.42 Å². The molecule has 0 radical (unpaired) electrons. The molecule has 15 heavy (non-hydrogen) atoms. The molecule has 86 valence electrons. The number of aromatic nitrogens is 1. The predicted molar refractivity (Wildman–Crippen MR) is 60.9 cm³/mol. The molecular formula is C8H15N3O2S2. The van der Waals surface area contributed by atoms with E-state index in [1.54, 1.807) is 7.05 Å². The van der Waals surface area contributed by atoms with Gasteiger partial charge in [-0.25, -0.2) is 4.98 Å². The van der Waals surface area contributed by atoms with Gasteiger partial charge in [0.1, 0.15) is 0 Å². The van der Waals surface area contributed by atoms with Gasteiger partial charge in [0.15, 0.2) is 0 Å². The summed E-state index contributed by atoms with van der Waals surface area (Å²) >= 11 is 1.52. The van der Waals surface area contributed by atoms with E-state index in [2.05, 4.69) is 4.98 Å². The van der Waals surface area contributed by atoms with Crippen molar-refractivity contribution in [2.45, 2.75) is 13.5 Å². The zero-order chi connectivity index (χ0) is 11.6. The smallest absolute Gasteiger partial charge is 0.245 e. The third-order valence-corrected chi connectivity index (χ3v) is 4.57. The molecule has 1 aromatic rings. The van der Waals surface area contributed by atoms with Gasteiger partial charge in [0.05, 0.1) is 17.2 Å². The van der Waals surface area contributed by atoms with E-state index in [0.717, 1.165) is 10.7 Å². The molecule has 0 aliphatic heterocycles. The van der Waals surface area contributed by atoms with Crippen molar-refractivity contribution in [2.75, 3.05) is 21.1 Å². The Balaban J connectivity index is 2.76. The van der Waals surface area contributed by atoms with E-state index in [-0.39, 0.29) is 0 Å². The summed E-state index contributed by atoms with van der Waals surface area (Å²) in [6.07, 6.45) is 0. The molecule has 1 aromatic heterocycles. The number of nitrogens with zero attached hydrogens (tertiary/aromatic N) is 3. The Morgan fingerprint density at radius 3 is 2.40 bits per heavy atom. The zero-order valence-electron chi connectivity index (χ0n) is 9.26. The first-order valence-corrected chi connectivity index (χ1v) is 6.66. The van der Waals surface area contributed by atoms with Crippen LogP contribution in [0.2, 0.25) is 0 Å². The van der Waals surface area contributed by atoms with Crippen LogP contribution < -0.4 is 0 Å². The lowest BCUT2D eigenvalue weighted by molar-refractivity contribution is 0.412. The minimum Gasteiger partial charge on any atom is -0.245 e. The highest BCUT2D eigenvalue weighted by Crippen LogP contribution is 2.12. The Kier molecular flexibility index (Phi) is 3.82. The first-order valence-electron chi connectivity index (χ1n) is 4.39. The quantitative estimate of drug-likeness (QED) is 0.789. The lowest BCUT2D eigenvalue weighted by Crippen LogP contribution is -2.36. The fourth-order valence-corrected chi connectivity index (χ4v) is 2.53. The van der Waals surface area contributed by atoms with Gasteiger partial charge in [-0.15, -0.1) is 11.3 Å². The molecule has 1 heterocycles. The van der Waals surface area contributed by atoms with E-state index in [4.69, 9.17) is 0 Å². The first-order chi connectivity index (χ1) is 6.84. The Morgan fingerprint density at radius 1 is 1.40 bits per heavy atom. The molecule has 0 aliphatic rings. The molecule has 1 rings (SSSR count). The molecule has 0 amide bonds. The van der Waals surface area contributed by atoms with Crippen molar-refractivity contribution in [2.24, 2.45) is 0 Å². The second kappa shape index (κ2) is 4.56. The minimum absolute atomic E-state index is 0.310. The third kappa shape index (κ3) is 2.97. The van der Waals surface area contributed by atoms with E-state index in [1.165, 1.54) is 34.0 Å².